The maximum Gasteiger partial charge on any atom is 0.137 e. The number of ether oxygens (including phenoxy) is 1. The summed E-state index contributed by atoms with van der Waals surface area (Å²) in [5.74, 6) is 1.88. The molecule has 0 aliphatic rings. The number of halogens is 1. The molecule has 0 radical (unpaired) electrons. The Morgan fingerprint density at radius 1 is 1.44 bits per heavy atom. The number of rotatable bonds is 8. The Kier molecular flexibility index (Phi) is 7.56. The van der Waals surface area contributed by atoms with Crippen molar-refractivity contribution in [3.05, 3.63) is 28.8 Å². The molecule has 18 heavy (non-hydrogen) atoms. The smallest absolute Gasteiger partial charge is 0.137 e. The summed E-state index contributed by atoms with van der Waals surface area (Å²) in [6.45, 7) is 2.81. The van der Waals surface area contributed by atoms with Gasteiger partial charge in [-0.25, -0.2) is 0 Å². The molecule has 1 rings (SSSR count). The van der Waals surface area contributed by atoms with Crippen LogP contribution in [0.1, 0.15) is 25.3 Å². The molecule has 102 valence electrons. The largest absolute Gasteiger partial charge is 0.492 e. The molecule has 0 bridgehead atoms. The zero-order chi connectivity index (χ0) is 13.4. The first-order chi connectivity index (χ1) is 8.67. The molecule has 0 aromatic heterocycles. The molecule has 2 nitrogen and oxygen atoms in total. The summed E-state index contributed by atoms with van der Waals surface area (Å²) < 4.78 is 5.65. The van der Waals surface area contributed by atoms with Crippen molar-refractivity contribution in [3.8, 4) is 5.75 Å². The first-order valence-corrected chi connectivity index (χ1v) is 8.10. The second-order valence-electron chi connectivity index (χ2n) is 4.33. The van der Waals surface area contributed by atoms with Gasteiger partial charge >= 0.3 is 0 Å². The Bertz CT molecular complexity index is 360. The molecule has 4 heteroatoms. The van der Waals surface area contributed by atoms with Crippen LogP contribution >= 0.6 is 23.4 Å². The predicted molar refractivity (Wildman–Crippen MR) is 81.9 cm³/mol. The topological polar surface area (TPSA) is 35.2 Å². The van der Waals surface area contributed by atoms with E-state index in [1.807, 2.05) is 30.0 Å². The molecule has 0 amide bonds. The van der Waals surface area contributed by atoms with Crippen molar-refractivity contribution in [2.75, 3.05) is 18.6 Å². The average Bonchev–Trinajstić information content (AvgIpc) is 2.36. The zero-order valence-corrected chi connectivity index (χ0v) is 12.7. The average molecular weight is 288 g/mol. The fourth-order valence-corrected chi connectivity index (χ4v) is 2.29. The third-order valence-electron chi connectivity index (χ3n) is 2.77. The van der Waals surface area contributed by atoms with Gasteiger partial charge in [0, 0.05) is 6.04 Å². The van der Waals surface area contributed by atoms with E-state index in [0.717, 1.165) is 30.8 Å². The van der Waals surface area contributed by atoms with E-state index in [-0.39, 0.29) is 6.04 Å². The molecule has 1 unspecified atom stereocenters. The van der Waals surface area contributed by atoms with Crippen molar-refractivity contribution >= 4 is 23.4 Å². The second kappa shape index (κ2) is 8.68. The van der Waals surface area contributed by atoms with Crippen LogP contribution in [0, 0.1) is 0 Å². The molecular formula is C14H22ClNOS. The van der Waals surface area contributed by atoms with Crippen molar-refractivity contribution < 1.29 is 4.74 Å². The normalized spacial score (nSPS) is 12.4. The molecule has 0 fully saturated rings. The first kappa shape index (κ1) is 15.7. The van der Waals surface area contributed by atoms with E-state index in [2.05, 4.69) is 13.2 Å². The highest BCUT2D eigenvalue weighted by molar-refractivity contribution is 7.98. The summed E-state index contributed by atoms with van der Waals surface area (Å²) in [4.78, 5) is 0. The number of benzene rings is 1. The van der Waals surface area contributed by atoms with E-state index in [1.165, 1.54) is 5.56 Å². The van der Waals surface area contributed by atoms with E-state index in [1.54, 1.807) is 0 Å². The summed E-state index contributed by atoms with van der Waals surface area (Å²) in [5, 5.41) is 0.681. The molecule has 0 heterocycles. The highest BCUT2D eigenvalue weighted by Crippen LogP contribution is 2.26. The molecule has 1 aromatic rings. The van der Waals surface area contributed by atoms with Gasteiger partial charge in [-0.1, -0.05) is 24.6 Å². The minimum Gasteiger partial charge on any atom is -0.492 e. The minimum absolute atomic E-state index is 0.203. The minimum atomic E-state index is 0.203. The lowest BCUT2D eigenvalue weighted by molar-refractivity contribution is 0.319. The van der Waals surface area contributed by atoms with Crippen LogP contribution < -0.4 is 10.5 Å². The van der Waals surface area contributed by atoms with Gasteiger partial charge in [-0.3, -0.25) is 0 Å². The fraction of sp³-hybridized carbons (Fsp3) is 0.571. The van der Waals surface area contributed by atoms with E-state index < -0.39 is 0 Å². The second-order valence-corrected chi connectivity index (χ2v) is 5.72. The maximum atomic E-state index is 6.20. The van der Waals surface area contributed by atoms with Gasteiger partial charge in [0.1, 0.15) is 5.75 Å². The van der Waals surface area contributed by atoms with Gasteiger partial charge in [0.25, 0.3) is 0 Å². The van der Waals surface area contributed by atoms with Crippen LogP contribution in [-0.4, -0.2) is 24.7 Å². The van der Waals surface area contributed by atoms with E-state index in [9.17, 15) is 0 Å². The molecule has 0 spiro atoms. The van der Waals surface area contributed by atoms with Crippen molar-refractivity contribution in [2.45, 2.75) is 32.2 Å². The van der Waals surface area contributed by atoms with Gasteiger partial charge in [-0.05, 0) is 49.0 Å². The Balaban J connectivity index is 2.51. The monoisotopic (exact) mass is 287 g/mol. The van der Waals surface area contributed by atoms with Crippen molar-refractivity contribution in [1.82, 2.24) is 0 Å². The molecule has 0 aliphatic heterocycles. The van der Waals surface area contributed by atoms with Crippen LogP contribution in [0.4, 0.5) is 0 Å². The molecular weight excluding hydrogens is 266 g/mol. The van der Waals surface area contributed by atoms with Gasteiger partial charge in [0.15, 0.2) is 0 Å². The van der Waals surface area contributed by atoms with E-state index >= 15 is 0 Å². The van der Waals surface area contributed by atoms with Gasteiger partial charge in [-0.15, -0.1) is 0 Å². The lowest BCUT2D eigenvalue weighted by atomic mass is 10.0. The molecule has 1 atom stereocenters. The van der Waals surface area contributed by atoms with Gasteiger partial charge in [0.05, 0.1) is 11.6 Å². The molecule has 0 saturated carbocycles. The lowest BCUT2D eigenvalue weighted by Gasteiger charge is -2.11. The number of hydrogen-bond acceptors (Lipinski definition) is 3. The Hall–Kier alpha value is -0.380. The Labute approximate surface area is 119 Å². The van der Waals surface area contributed by atoms with Crippen LogP contribution in [0.15, 0.2) is 18.2 Å². The maximum absolute atomic E-state index is 6.20. The highest BCUT2D eigenvalue weighted by Gasteiger charge is 2.06. The third kappa shape index (κ3) is 5.51. The Morgan fingerprint density at radius 3 is 2.83 bits per heavy atom. The lowest BCUT2D eigenvalue weighted by Crippen LogP contribution is -2.21. The van der Waals surface area contributed by atoms with Crippen molar-refractivity contribution in [3.63, 3.8) is 0 Å². The summed E-state index contributed by atoms with van der Waals surface area (Å²) >= 11 is 8.02. The molecule has 0 aliphatic carbocycles. The quantitative estimate of drug-likeness (QED) is 0.740. The summed E-state index contributed by atoms with van der Waals surface area (Å²) in [6, 6.07) is 6.15. The molecule has 1 aromatic carbocycles. The number of thioether (sulfide) groups is 1. The number of nitrogens with two attached hydrogens (primary N) is 1. The fourth-order valence-electron chi connectivity index (χ4n) is 1.62. The van der Waals surface area contributed by atoms with Crippen LogP contribution in [0.3, 0.4) is 0 Å². The summed E-state index contributed by atoms with van der Waals surface area (Å²) in [7, 11) is 0. The van der Waals surface area contributed by atoms with Gasteiger partial charge in [-0.2, -0.15) is 11.8 Å². The van der Waals surface area contributed by atoms with Crippen LogP contribution in [-0.2, 0) is 6.42 Å². The van der Waals surface area contributed by atoms with Crippen LogP contribution in [0.2, 0.25) is 5.02 Å². The van der Waals surface area contributed by atoms with Gasteiger partial charge in [0.2, 0.25) is 0 Å². The molecule has 0 saturated heterocycles. The van der Waals surface area contributed by atoms with Crippen LogP contribution in [0.25, 0.3) is 0 Å². The number of hydrogen-bond donors (Lipinski definition) is 1. The molecule has 2 N–H and O–H groups in total. The van der Waals surface area contributed by atoms with Crippen molar-refractivity contribution in [2.24, 2.45) is 5.73 Å². The first-order valence-electron chi connectivity index (χ1n) is 6.33. The predicted octanol–water partition coefficient (Wildman–Crippen LogP) is 3.75. The third-order valence-corrected chi connectivity index (χ3v) is 3.76. The zero-order valence-electron chi connectivity index (χ0n) is 11.1. The summed E-state index contributed by atoms with van der Waals surface area (Å²) in [6.07, 6.45) is 4.98. The SMILES string of the molecule is CCC(N)Cc1ccc(OCCCSC)c(Cl)c1. The van der Waals surface area contributed by atoms with Crippen molar-refractivity contribution in [1.29, 1.82) is 0 Å². The standard InChI is InChI=1S/C14H22ClNOS/c1-3-12(16)9-11-5-6-14(13(15)10-11)17-7-4-8-18-2/h5-6,10,12H,3-4,7-9,16H2,1-2H3. The highest BCUT2D eigenvalue weighted by atomic mass is 35.5. The van der Waals surface area contributed by atoms with E-state index in [0.29, 0.717) is 11.6 Å². The summed E-state index contributed by atoms with van der Waals surface area (Å²) in [5.41, 5.74) is 7.10. The van der Waals surface area contributed by atoms with E-state index in [4.69, 9.17) is 22.1 Å². The van der Waals surface area contributed by atoms with Crippen LogP contribution in [0.5, 0.6) is 5.75 Å². The Morgan fingerprint density at radius 2 is 2.22 bits per heavy atom. The van der Waals surface area contributed by atoms with Gasteiger partial charge < -0.3 is 10.5 Å².